The number of primary amides is 1. The molecule has 1 atom stereocenters. The Hall–Kier alpha value is -1.88. The normalized spacial score (nSPS) is 26.2. The minimum Gasteiger partial charge on any atom is -0.370 e. The fraction of sp³-hybridized carbons (Fsp3) is 0.619. The summed E-state index contributed by atoms with van der Waals surface area (Å²) < 4.78 is 0. The summed E-state index contributed by atoms with van der Waals surface area (Å²) in [5.41, 5.74) is 6.68. The van der Waals surface area contributed by atoms with Gasteiger partial charge in [-0.1, -0.05) is 30.3 Å². The SMILES string of the molecule is NC(=O)CCN1CCC2(CC1)C[C@@H](c1ccccc1)C(=O)N(C1CC1)C2. The molecule has 2 aliphatic heterocycles. The predicted molar refractivity (Wildman–Crippen MR) is 100 cm³/mol. The highest BCUT2D eigenvalue weighted by molar-refractivity contribution is 5.85. The van der Waals surface area contributed by atoms with Crippen LogP contribution in [0.2, 0.25) is 0 Å². The lowest BCUT2D eigenvalue weighted by Gasteiger charge is -2.50. The molecule has 2 saturated heterocycles. The molecule has 2 heterocycles. The third-order valence-corrected chi connectivity index (χ3v) is 6.50. The van der Waals surface area contributed by atoms with Crippen LogP contribution in [0.5, 0.6) is 0 Å². The van der Waals surface area contributed by atoms with Crippen molar-refractivity contribution in [3.63, 3.8) is 0 Å². The van der Waals surface area contributed by atoms with Crippen LogP contribution in [0, 0.1) is 5.41 Å². The molecule has 26 heavy (non-hydrogen) atoms. The van der Waals surface area contributed by atoms with E-state index in [-0.39, 0.29) is 17.2 Å². The van der Waals surface area contributed by atoms with E-state index in [1.165, 1.54) is 5.56 Å². The number of nitrogens with zero attached hydrogens (tertiary/aromatic N) is 2. The molecule has 1 aromatic carbocycles. The van der Waals surface area contributed by atoms with Gasteiger partial charge >= 0.3 is 0 Å². The first-order valence-corrected chi connectivity index (χ1v) is 9.92. The highest BCUT2D eigenvalue weighted by atomic mass is 16.2. The summed E-state index contributed by atoms with van der Waals surface area (Å²) in [7, 11) is 0. The summed E-state index contributed by atoms with van der Waals surface area (Å²) in [6.45, 7) is 3.69. The minimum atomic E-state index is -0.224. The van der Waals surface area contributed by atoms with E-state index in [0.717, 1.165) is 58.3 Å². The molecule has 2 amide bonds. The first-order chi connectivity index (χ1) is 12.6. The van der Waals surface area contributed by atoms with Crippen molar-refractivity contribution in [1.82, 2.24) is 9.80 Å². The average Bonchev–Trinajstić information content (AvgIpc) is 3.49. The van der Waals surface area contributed by atoms with Crippen molar-refractivity contribution in [3.8, 4) is 0 Å². The second kappa shape index (κ2) is 7.03. The number of benzene rings is 1. The van der Waals surface area contributed by atoms with Crippen LogP contribution < -0.4 is 5.73 Å². The maximum Gasteiger partial charge on any atom is 0.230 e. The van der Waals surface area contributed by atoms with Gasteiger partial charge in [-0.15, -0.1) is 0 Å². The predicted octanol–water partition coefficient (Wildman–Crippen LogP) is 2.12. The lowest BCUT2D eigenvalue weighted by Crippen LogP contribution is -2.54. The van der Waals surface area contributed by atoms with Crippen LogP contribution in [0.15, 0.2) is 30.3 Å². The van der Waals surface area contributed by atoms with Crippen molar-refractivity contribution in [3.05, 3.63) is 35.9 Å². The van der Waals surface area contributed by atoms with Gasteiger partial charge in [-0.2, -0.15) is 0 Å². The van der Waals surface area contributed by atoms with E-state index in [1.807, 2.05) is 18.2 Å². The van der Waals surface area contributed by atoms with Crippen LogP contribution in [0.3, 0.4) is 0 Å². The van der Waals surface area contributed by atoms with Crippen molar-refractivity contribution in [2.45, 2.75) is 50.5 Å². The number of rotatable bonds is 5. The Kier molecular flexibility index (Phi) is 4.74. The highest BCUT2D eigenvalue weighted by Gasteiger charge is 2.49. The second-order valence-corrected chi connectivity index (χ2v) is 8.42. The molecule has 1 spiro atoms. The Balaban J connectivity index is 1.49. The Morgan fingerprint density at radius 3 is 2.46 bits per heavy atom. The zero-order valence-corrected chi connectivity index (χ0v) is 15.4. The number of hydrogen-bond acceptors (Lipinski definition) is 3. The first kappa shape index (κ1) is 17.5. The molecule has 0 aromatic heterocycles. The third kappa shape index (κ3) is 3.63. The van der Waals surface area contributed by atoms with Gasteiger partial charge in [0.1, 0.15) is 0 Å². The molecule has 4 rings (SSSR count). The van der Waals surface area contributed by atoms with Crippen molar-refractivity contribution in [1.29, 1.82) is 0 Å². The van der Waals surface area contributed by atoms with Crippen LogP contribution in [0.4, 0.5) is 0 Å². The summed E-state index contributed by atoms with van der Waals surface area (Å²) in [6, 6.07) is 10.8. The lowest BCUT2D eigenvalue weighted by atomic mass is 9.67. The average molecular weight is 355 g/mol. The van der Waals surface area contributed by atoms with E-state index < -0.39 is 0 Å². The largest absolute Gasteiger partial charge is 0.370 e. The van der Waals surface area contributed by atoms with E-state index in [2.05, 4.69) is 21.9 Å². The summed E-state index contributed by atoms with van der Waals surface area (Å²) in [4.78, 5) is 28.7. The summed E-state index contributed by atoms with van der Waals surface area (Å²) in [5, 5.41) is 0. The number of carbonyl (C=O) groups excluding carboxylic acids is 2. The topological polar surface area (TPSA) is 66.6 Å². The molecule has 1 aromatic rings. The third-order valence-electron chi connectivity index (χ3n) is 6.50. The summed E-state index contributed by atoms with van der Waals surface area (Å²) >= 11 is 0. The van der Waals surface area contributed by atoms with Gasteiger partial charge in [0, 0.05) is 25.6 Å². The molecule has 140 valence electrons. The minimum absolute atomic E-state index is 0.00252. The maximum atomic E-state index is 13.1. The second-order valence-electron chi connectivity index (χ2n) is 8.42. The Morgan fingerprint density at radius 1 is 1.15 bits per heavy atom. The van der Waals surface area contributed by atoms with Gasteiger partial charge in [-0.3, -0.25) is 9.59 Å². The van der Waals surface area contributed by atoms with Crippen LogP contribution in [0.1, 0.15) is 50.0 Å². The van der Waals surface area contributed by atoms with E-state index >= 15 is 0 Å². The number of hydrogen-bond donors (Lipinski definition) is 1. The number of likely N-dealkylation sites (tertiary alicyclic amines) is 2. The van der Waals surface area contributed by atoms with Crippen molar-refractivity contribution >= 4 is 11.8 Å². The first-order valence-electron chi connectivity index (χ1n) is 9.92. The highest BCUT2D eigenvalue weighted by Crippen LogP contribution is 2.48. The fourth-order valence-electron chi connectivity index (χ4n) is 4.75. The van der Waals surface area contributed by atoms with E-state index in [4.69, 9.17) is 5.73 Å². The molecule has 1 saturated carbocycles. The standard InChI is InChI=1S/C21H29N3O2/c22-19(25)8-11-23-12-9-21(10-13-23)14-18(16-4-2-1-3-5-16)20(26)24(15-21)17-6-7-17/h1-5,17-18H,6-15H2,(H2,22,25)/t18-/m0/s1. The Morgan fingerprint density at radius 2 is 1.85 bits per heavy atom. The molecular weight excluding hydrogens is 326 g/mol. The van der Waals surface area contributed by atoms with Gasteiger partial charge < -0.3 is 15.5 Å². The van der Waals surface area contributed by atoms with E-state index in [0.29, 0.717) is 18.4 Å². The Labute approximate surface area is 155 Å². The fourth-order valence-corrected chi connectivity index (χ4v) is 4.75. The molecule has 3 aliphatic rings. The Bertz CT molecular complexity index is 663. The molecule has 0 bridgehead atoms. The number of carbonyl (C=O) groups is 2. The van der Waals surface area contributed by atoms with Crippen LogP contribution in [0.25, 0.3) is 0 Å². The van der Waals surface area contributed by atoms with Crippen molar-refractivity contribution in [2.24, 2.45) is 11.1 Å². The number of amides is 2. The van der Waals surface area contributed by atoms with Gasteiger partial charge in [-0.25, -0.2) is 0 Å². The van der Waals surface area contributed by atoms with E-state index in [1.54, 1.807) is 0 Å². The van der Waals surface area contributed by atoms with E-state index in [9.17, 15) is 9.59 Å². The van der Waals surface area contributed by atoms with Crippen molar-refractivity contribution in [2.75, 3.05) is 26.2 Å². The quantitative estimate of drug-likeness (QED) is 0.880. The van der Waals surface area contributed by atoms with Gasteiger partial charge in [0.2, 0.25) is 11.8 Å². The number of piperidine rings is 2. The van der Waals surface area contributed by atoms with Crippen molar-refractivity contribution < 1.29 is 9.59 Å². The smallest absolute Gasteiger partial charge is 0.230 e. The van der Waals surface area contributed by atoms with Gasteiger partial charge in [-0.05, 0) is 56.2 Å². The molecule has 5 nitrogen and oxygen atoms in total. The van der Waals surface area contributed by atoms with Gasteiger partial charge in [0.25, 0.3) is 0 Å². The molecule has 0 radical (unpaired) electrons. The lowest BCUT2D eigenvalue weighted by molar-refractivity contribution is -0.142. The summed E-state index contributed by atoms with van der Waals surface area (Å²) in [5.74, 6) is 0.112. The van der Waals surface area contributed by atoms with Crippen LogP contribution in [-0.4, -0.2) is 53.8 Å². The van der Waals surface area contributed by atoms with Crippen LogP contribution >= 0.6 is 0 Å². The number of nitrogens with two attached hydrogens (primary N) is 1. The molecule has 0 unspecified atom stereocenters. The molecule has 2 N–H and O–H groups in total. The monoisotopic (exact) mass is 355 g/mol. The van der Waals surface area contributed by atoms with Gasteiger partial charge in [0.05, 0.1) is 5.92 Å². The maximum absolute atomic E-state index is 13.1. The zero-order chi connectivity index (χ0) is 18.1. The summed E-state index contributed by atoms with van der Waals surface area (Å²) in [6.07, 6.45) is 5.92. The molecule has 3 fully saturated rings. The molecule has 1 aliphatic carbocycles. The van der Waals surface area contributed by atoms with Gasteiger partial charge in [0.15, 0.2) is 0 Å². The zero-order valence-electron chi connectivity index (χ0n) is 15.4. The molecular formula is C21H29N3O2. The van der Waals surface area contributed by atoms with Crippen LogP contribution in [-0.2, 0) is 9.59 Å². The molecule has 5 heteroatoms.